The van der Waals surface area contributed by atoms with Gasteiger partial charge in [0.05, 0.1) is 18.2 Å². The summed E-state index contributed by atoms with van der Waals surface area (Å²) in [5, 5.41) is 11.2. The fourth-order valence-electron chi connectivity index (χ4n) is 4.04. The zero-order valence-corrected chi connectivity index (χ0v) is 18.3. The predicted molar refractivity (Wildman–Crippen MR) is 119 cm³/mol. The zero-order valence-electron chi connectivity index (χ0n) is 18.3. The van der Waals surface area contributed by atoms with Gasteiger partial charge in [0, 0.05) is 12.1 Å². The van der Waals surface area contributed by atoms with Gasteiger partial charge in [0.25, 0.3) is 11.7 Å². The fourth-order valence-corrected chi connectivity index (χ4v) is 4.04. The molecule has 2 aromatic rings. The molecule has 0 saturated carbocycles. The molecule has 1 unspecified atom stereocenters. The SMILES string of the molecule is CCCOc1cccc(C2/C(=C(/O)c3ccc4c(c3)OCCO4)C(=O)C(=O)N2CCC)c1. The Labute approximate surface area is 187 Å². The minimum atomic E-state index is -0.701. The van der Waals surface area contributed by atoms with E-state index in [0.29, 0.717) is 61.2 Å². The first-order valence-corrected chi connectivity index (χ1v) is 11.0. The first-order valence-electron chi connectivity index (χ1n) is 11.0. The summed E-state index contributed by atoms with van der Waals surface area (Å²) in [5.41, 5.74) is 1.17. The number of aliphatic hydroxyl groups excluding tert-OH is 1. The number of amides is 1. The number of nitrogens with zero attached hydrogens (tertiary/aromatic N) is 1. The number of ether oxygens (including phenoxy) is 3. The summed E-state index contributed by atoms with van der Waals surface area (Å²) < 4.78 is 16.9. The number of likely N-dealkylation sites (tertiary alicyclic amines) is 1. The Balaban J connectivity index is 1.81. The minimum absolute atomic E-state index is 0.0627. The van der Waals surface area contributed by atoms with Crippen LogP contribution in [0.1, 0.15) is 43.9 Å². The molecule has 1 saturated heterocycles. The highest BCUT2D eigenvalue weighted by Gasteiger charge is 2.45. The van der Waals surface area contributed by atoms with Gasteiger partial charge in [-0.05, 0) is 48.7 Å². The van der Waals surface area contributed by atoms with Crippen LogP contribution in [0.15, 0.2) is 48.0 Å². The zero-order chi connectivity index (χ0) is 22.7. The molecule has 2 aromatic carbocycles. The van der Waals surface area contributed by atoms with E-state index in [2.05, 4.69) is 0 Å². The Morgan fingerprint density at radius 2 is 1.84 bits per heavy atom. The van der Waals surface area contributed by atoms with Gasteiger partial charge < -0.3 is 24.2 Å². The molecule has 1 atom stereocenters. The van der Waals surface area contributed by atoms with Gasteiger partial charge in [0.1, 0.15) is 24.7 Å². The molecule has 0 spiro atoms. The van der Waals surface area contributed by atoms with Crippen LogP contribution >= 0.6 is 0 Å². The lowest BCUT2D eigenvalue weighted by molar-refractivity contribution is -0.139. The smallest absolute Gasteiger partial charge is 0.295 e. The maximum atomic E-state index is 13.0. The molecule has 1 N–H and O–H groups in total. The van der Waals surface area contributed by atoms with Crippen molar-refractivity contribution in [2.24, 2.45) is 0 Å². The van der Waals surface area contributed by atoms with Crippen molar-refractivity contribution < 1.29 is 28.9 Å². The third-order valence-corrected chi connectivity index (χ3v) is 5.47. The predicted octanol–water partition coefficient (Wildman–Crippen LogP) is 4.08. The van der Waals surface area contributed by atoms with Gasteiger partial charge in [-0.15, -0.1) is 0 Å². The Morgan fingerprint density at radius 1 is 1.06 bits per heavy atom. The van der Waals surface area contributed by atoms with Gasteiger partial charge in [0.2, 0.25) is 0 Å². The van der Waals surface area contributed by atoms with Crippen molar-refractivity contribution in [3.05, 3.63) is 59.2 Å². The second kappa shape index (κ2) is 9.34. The van der Waals surface area contributed by atoms with E-state index in [1.807, 2.05) is 38.1 Å². The molecule has 2 aliphatic rings. The fraction of sp³-hybridized carbons (Fsp3) is 0.360. The Hall–Kier alpha value is -3.48. The van der Waals surface area contributed by atoms with E-state index in [9.17, 15) is 14.7 Å². The molecule has 32 heavy (non-hydrogen) atoms. The summed E-state index contributed by atoms with van der Waals surface area (Å²) in [6, 6.07) is 11.6. The molecule has 0 bridgehead atoms. The molecule has 4 rings (SSSR count). The molecular weight excluding hydrogens is 410 g/mol. The molecule has 0 radical (unpaired) electrons. The summed E-state index contributed by atoms with van der Waals surface area (Å²) in [4.78, 5) is 27.4. The molecule has 7 nitrogen and oxygen atoms in total. The third kappa shape index (κ3) is 4.02. The van der Waals surface area contributed by atoms with Gasteiger partial charge in [-0.3, -0.25) is 9.59 Å². The molecule has 1 amide bonds. The lowest BCUT2D eigenvalue weighted by atomic mass is 9.95. The maximum absolute atomic E-state index is 13.0. The maximum Gasteiger partial charge on any atom is 0.295 e. The van der Waals surface area contributed by atoms with E-state index in [0.717, 1.165) is 6.42 Å². The van der Waals surface area contributed by atoms with Gasteiger partial charge in [-0.25, -0.2) is 0 Å². The van der Waals surface area contributed by atoms with E-state index in [-0.39, 0.29) is 11.3 Å². The number of Topliss-reactive ketones (excluding diaryl/α,β-unsaturated/α-hetero) is 1. The molecular formula is C25H27NO6. The van der Waals surface area contributed by atoms with Gasteiger partial charge in [-0.1, -0.05) is 26.0 Å². The highest BCUT2D eigenvalue weighted by molar-refractivity contribution is 6.46. The minimum Gasteiger partial charge on any atom is -0.507 e. The molecule has 0 aliphatic carbocycles. The normalized spacial score (nSPS) is 19.3. The van der Waals surface area contributed by atoms with E-state index in [1.54, 1.807) is 18.2 Å². The topological polar surface area (TPSA) is 85.3 Å². The van der Waals surface area contributed by atoms with Crippen molar-refractivity contribution >= 4 is 17.4 Å². The number of hydrogen-bond acceptors (Lipinski definition) is 6. The molecule has 168 valence electrons. The van der Waals surface area contributed by atoms with Crippen LogP contribution in [0.25, 0.3) is 5.76 Å². The van der Waals surface area contributed by atoms with E-state index < -0.39 is 17.7 Å². The standard InChI is InChI=1S/C25H27NO6/c1-3-10-26-22(16-6-5-7-18(14-16)30-11-4-2)21(24(28)25(26)29)23(27)17-8-9-19-20(15-17)32-13-12-31-19/h5-9,14-15,22,27H,3-4,10-13H2,1-2H3/b23-21-. The van der Waals surface area contributed by atoms with Crippen molar-refractivity contribution in [3.8, 4) is 17.2 Å². The summed E-state index contributed by atoms with van der Waals surface area (Å²) in [5.74, 6) is 0.187. The molecule has 1 fully saturated rings. The van der Waals surface area contributed by atoms with Crippen LogP contribution in [0.3, 0.4) is 0 Å². The largest absolute Gasteiger partial charge is 0.507 e. The molecule has 7 heteroatoms. The number of ketones is 1. The second-order valence-electron chi connectivity index (χ2n) is 7.77. The summed E-state index contributed by atoms with van der Waals surface area (Å²) in [6.07, 6.45) is 1.54. The lowest BCUT2D eigenvalue weighted by Crippen LogP contribution is -2.30. The van der Waals surface area contributed by atoms with Crippen LogP contribution in [0.4, 0.5) is 0 Å². The highest BCUT2D eigenvalue weighted by Crippen LogP contribution is 2.41. The first kappa shape index (κ1) is 21.7. The lowest BCUT2D eigenvalue weighted by Gasteiger charge is -2.25. The average molecular weight is 437 g/mol. The number of carbonyl (C=O) groups is 2. The van der Waals surface area contributed by atoms with Gasteiger partial charge in [0.15, 0.2) is 11.5 Å². The molecule has 2 heterocycles. The third-order valence-electron chi connectivity index (χ3n) is 5.47. The second-order valence-corrected chi connectivity index (χ2v) is 7.77. The monoisotopic (exact) mass is 437 g/mol. The van der Waals surface area contributed by atoms with Crippen LogP contribution in [0.2, 0.25) is 0 Å². The van der Waals surface area contributed by atoms with Crippen molar-refractivity contribution in [1.82, 2.24) is 4.90 Å². The number of hydrogen-bond donors (Lipinski definition) is 1. The molecule has 0 aromatic heterocycles. The Kier molecular flexibility index (Phi) is 6.35. The van der Waals surface area contributed by atoms with Crippen molar-refractivity contribution in [1.29, 1.82) is 0 Å². The Bertz CT molecular complexity index is 1060. The van der Waals surface area contributed by atoms with Crippen LogP contribution in [0.5, 0.6) is 17.2 Å². The summed E-state index contributed by atoms with van der Waals surface area (Å²) >= 11 is 0. The van der Waals surface area contributed by atoms with Crippen LogP contribution in [-0.2, 0) is 9.59 Å². The highest BCUT2D eigenvalue weighted by atomic mass is 16.6. The summed E-state index contributed by atoms with van der Waals surface area (Å²) in [6.45, 7) is 5.79. The number of fused-ring (bicyclic) bond motifs is 1. The first-order chi connectivity index (χ1) is 15.5. The van der Waals surface area contributed by atoms with Crippen LogP contribution in [-0.4, -0.2) is 48.1 Å². The average Bonchev–Trinajstić information content (AvgIpc) is 3.07. The van der Waals surface area contributed by atoms with Gasteiger partial charge >= 0.3 is 0 Å². The van der Waals surface area contributed by atoms with Crippen molar-refractivity contribution in [3.63, 3.8) is 0 Å². The van der Waals surface area contributed by atoms with Crippen LogP contribution in [0, 0.1) is 0 Å². The van der Waals surface area contributed by atoms with Crippen LogP contribution < -0.4 is 14.2 Å². The number of rotatable bonds is 7. The Morgan fingerprint density at radius 3 is 2.59 bits per heavy atom. The van der Waals surface area contributed by atoms with E-state index in [1.165, 1.54) is 4.90 Å². The number of carbonyl (C=O) groups excluding carboxylic acids is 2. The van der Waals surface area contributed by atoms with Crippen molar-refractivity contribution in [2.45, 2.75) is 32.7 Å². The van der Waals surface area contributed by atoms with Gasteiger partial charge in [-0.2, -0.15) is 0 Å². The van der Waals surface area contributed by atoms with E-state index in [4.69, 9.17) is 14.2 Å². The quantitative estimate of drug-likeness (QED) is 0.399. The van der Waals surface area contributed by atoms with Crippen molar-refractivity contribution in [2.75, 3.05) is 26.4 Å². The number of benzene rings is 2. The summed E-state index contributed by atoms with van der Waals surface area (Å²) in [7, 11) is 0. The number of aliphatic hydroxyl groups is 1. The molecule has 2 aliphatic heterocycles. The van der Waals surface area contributed by atoms with E-state index >= 15 is 0 Å².